The van der Waals surface area contributed by atoms with E-state index in [2.05, 4.69) is 4.99 Å². The first-order valence-corrected chi connectivity index (χ1v) is 9.48. The molecule has 6 nitrogen and oxygen atoms in total. The molecule has 1 aliphatic rings. The predicted octanol–water partition coefficient (Wildman–Crippen LogP) is 4.51. The molecule has 0 aliphatic carbocycles. The van der Waals surface area contributed by atoms with Crippen molar-refractivity contribution < 1.29 is 23.8 Å². The van der Waals surface area contributed by atoms with Gasteiger partial charge in [-0.3, -0.25) is 4.79 Å². The van der Waals surface area contributed by atoms with Crippen LogP contribution in [-0.2, 0) is 14.3 Å². The number of carbonyl (C=O) groups excluding carboxylic acids is 2. The van der Waals surface area contributed by atoms with Crippen molar-refractivity contribution in [2.75, 3.05) is 7.11 Å². The van der Waals surface area contributed by atoms with Gasteiger partial charge in [-0.15, -0.1) is 0 Å². The molecule has 0 bridgehead atoms. The number of benzene rings is 3. The topological polar surface area (TPSA) is 74.2 Å². The number of cyclic esters (lactones) is 1. The maximum absolute atomic E-state index is 12.4. The van der Waals surface area contributed by atoms with Crippen molar-refractivity contribution in [3.05, 3.63) is 77.5 Å². The van der Waals surface area contributed by atoms with Gasteiger partial charge in [0.2, 0.25) is 5.90 Å². The highest BCUT2D eigenvalue weighted by atomic mass is 16.6. The lowest BCUT2D eigenvalue weighted by atomic mass is 10.0. The third kappa shape index (κ3) is 3.80. The summed E-state index contributed by atoms with van der Waals surface area (Å²) in [6, 6.07) is 18.6. The van der Waals surface area contributed by atoms with Crippen molar-refractivity contribution >= 4 is 34.7 Å². The van der Waals surface area contributed by atoms with Crippen LogP contribution in [0.25, 0.3) is 16.8 Å². The van der Waals surface area contributed by atoms with Gasteiger partial charge < -0.3 is 14.2 Å². The molecule has 150 valence electrons. The fraction of sp³-hybridized carbons (Fsp3) is 0.125. The molecule has 3 aromatic rings. The molecule has 0 atom stereocenters. The average molecular weight is 401 g/mol. The summed E-state index contributed by atoms with van der Waals surface area (Å²) in [5.74, 6) is 0.0425. The molecule has 0 fully saturated rings. The first kappa shape index (κ1) is 19.4. The monoisotopic (exact) mass is 401 g/mol. The zero-order chi connectivity index (χ0) is 21.1. The second-order valence-electron chi connectivity index (χ2n) is 6.60. The number of carbonyl (C=O) groups is 2. The van der Waals surface area contributed by atoms with Gasteiger partial charge >= 0.3 is 11.9 Å². The van der Waals surface area contributed by atoms with Crippen LogP contribution in [0.3, 0.4) is 0 Å². The molecule has 0 amide bonds. The van der Waals surface area contributed by atoms with Gasteiger partial charge in [-0.2, -0.15) is 0 Å². The smallest absolute Gasteiger partial charge is 0.363 e. The summed E-state index contributed by atoms with van der Waals surface area (Å²) < 4.78 is 16.0. The molecule has 1 heterocycles. The van der Waals surface area contributed by atoms with Gasteiger partial charge in [-0.05, 0) is 40.6 Å². The van der Waals surface area contributed by atoms with E-state index >= 15 is 0 Å². The predicted molar refractivity (Wildman–Crippen MR) is 113 cm³/mol. The number of fused-ring (bicyclic) bond motifs is 1. The Morgan fingerprint density at radius 3 is 2.67 bits per heavy atom. The molecule has 0 saturated heterocycles. The van der Waals surface area contributed by atoms with E-state index in [-0.39, 0.29) is 29.7 Å². The van der Waals surface area contributed by atoms with Crippen LogP contribution >= 0.6 is 0 Å². The largest absolute Gasteiger partial charge is 0.493 e. The normalized spacial score (nSPS) is 14.5. The fourth-order valence-corrected chi connectivity index (χ4v) is 3.15. The van der Waals surface area contributed by atoms with E-state index in [4.69, 9.17) is 14.2 Å². The second-order valence-corrected chi connectivity index (χ2v) is 6.60. The highest BCUT2D eigenvalue weighted by molar-refractivity contribution is 6.17. The van der Waals surface area contributed by atoms with E-state index in [9.17, 15) is 9.59 Å². The minimum atomic E-state index is -0.541. The zero-order valence-corrected chi connectivity index (χ0v) is 16.5. The Bertz CT molecular complexity index is 1200. The summed E-state index contributed by atoms with van der Waals surface area (Å²) in [5.41, 5.74) is 1.54. The number of rotatable bonds is 5. The van der Waals surface area contributed by atoms with Crippen LogP contribution in [0.2, 0.25) is 0 Å². The summed E-state index contributed by atoms with van der Waals surface area (Å²) in [6.45, 7) is 1.71. The molecule has 1 aliphatic heterocycles. The molecule has 3 aromatic carbocycles. The number of aliphatic imine (C=N–C) groups is 1. The molecular weight excluding hydrogens is 382 g/mol. The summed E-state index contributed by atoms with van der Waals surface area (Å²) in [7, 11) is 1.49. The molecule has 0 aromatic heterocycles. The summed E-state index contributed by atoms with van der Waals surface area (Å²) in [5, 5.41) is 1.98. The molecule has 0 saturated carbocycles. The van der Waals surface area contributed by atoms with Gasteiger partial charge in [0.1, 0.15) is 0 Å². The molecule has 0 radical (unpaired) electrons. The van der Waals surface area contributed by atoms with Crippen molar-refractivity contribution in [1.82, 2.24) is 0 Å². The van der Waals surface area contributed by atoms with E-state index in [0.717, 1.165) is 16.3 Å². The van der Waals surface area contributed by atoms with Crippen LogP contribution in [0, 0.1) is 0 Å². The van der Waals surface area contributed by atoms with Crippen molar-refractivity contribution in [3.63, 3.8) is 0 Å². The maximum atomic E-state index is 12.4. The summed E-state index contributed by atoms with van der Waals surface area (Å²) in [4.78, 5) is 28.5. The van der Waals surface area contributed by atoms with E-state index < -0.39 is 5.97 Å². The van der Waals surface area contributed by atoms with E-state index in [1.807, 2.05) is 42.5 Å². The Labute approximate surface area is 173 Å². The number of ether oxygens (including phenoxy) is 3. The van der Waals surface area contributed by atoms with Crippen LogP contribution in [0.5, 0.6) is 11.5 Å². The number of methoxy groups -OCH3 is 1. The second kappa shape index (κ2) is 8.21. The molecule has 4 rings (SSSR count). The minimum Gasteiger partial charge on any atom is -0.493 e. The van der Waals surface area contributed by atoms with E-state index in [0.29, 0.717) is 11.3 Å². The Hall–Kier alpha value is -3.93. The molecule has 30 heavy (non-hydrogen) atoms. The third-order valence-electron chi connectivity index (χ3n) is 4.64. The van der Waals surface area contributed by atoms with Crippen molar-refractivity contribution in [3.8, 4) is 11.5 Å². The fourth-order valence-electron chi connectivity index (χ4n) is 3.15. The van der Waals surface area contributed by atoms with E-state index in [1.165, 1.54) is 7.11 Å². The van der Waals surface area contributed by atoms with Crippen LogP contribution in [-0.4, -0.2) is 24.9 Å². The summed E-state index contributed by atoms with van der Waals surface area (Å²) >= 11 is 0. The number of hydrogen-bond donors (Lipinski definition) is 0. The zero-order valence-electron chi connectivity index (χ0n) is 16.5. The Morgan fingerprint density at radius 2 is 1.87 bits per heavy atom. The molecule has 0 unspecified atom stereocenters. The first-order valence-electron chi connectivity index (χ1n) is 9.48. The van der Waals surface area contributed by atoms with Crippen LogP contribution in [0.4, 0.5) is 0 Å². The average Bonchev–Trinajstić information content (AvgIpc) is 3.13. The number of hydrogen-bond acceptors (Lipinski definition) is 6. The van der Waals surface area contributed by atoms with Gasteiger partial charge in [-0.25, -0.2) is 9.79 Å². The first-order chi connectivity index (χ1) is 14.6. The third-order valence-corrected chi connectivity index (χ3v) is 4.64. The Balaban J connectivity index is 1.70. The van der Waals surface area contributed by atoms with E-state index in [1.54, 1.807) is 31.2 Å². The number of esters is 2. The van der Waals surface area contributed by atoms with Crippen LogP contribution < -0.4 is 9.47 Å². The lowest BCUT2D eigenvalue weighted by Gasteiger charge is -2.09. The van der Waals surface area contributed by atoms with Crippen molar-refractivity contribution in [2.24, 2.45) is 4.99 Å². The molecule has 0 N–H and O–H groups in total. The molecule has 6 heteroatoms. The highest BCUT2D eigenvalue weighted by Crippen LogP contribution is 2.30. The van der Waals surface area contributed by atoms with Crippen molar-refractivity contribution in [1.29, 1.82) is 0 Å². The maximum Gasteiger partial charge on any atom is 0.363 e. The van der Waals surface area contributed by atoms with Crippen molar-refractivity contribution in [2.45, 2.75) is 13.3 Å². The molecular formula is C24H19NO5. The lowest BCUT2D eigenvalue weighted by molar-refractivity contribution is -0.134. The molecule has 0 spiro atoms. The van der Waals surface area contributed by atoms with Gasteiger partial charge in [0.05, 0.1) is 7.11 Å². The SMILES string of the molecule is CCC(=O)Oc1cc(C=C2N=C(c3cccc4ccccc34)OC2=O)ccc1OC. The van der Waals surface area contributed by atoms with Gasteiger partial charge in [-0.1, -0.05) is 49.4 Å². The Morgan fingerprint density at radius 1 is 1.07 bits per heavy atom. The van der Waals surface area contributed by atoms with Gasteiger partial charge in [0.25, 0.3) is 0 Å². The Kier molecular flexibility index (Phi) is 5.30. The standard InChI is InChI=1S/C24H19NO5/c1-3-22(26)29-21-14-15(11-12-20(21)28-2)13-19-24(27)30-23(25-19)18-10-6-8-16-7-4-5-9-17(16)18/h4-14H,3H2,1-2H3. The van der Waals surface area contributed by atoms with Gasteiger partial charge in [0, 0.05) is 12.0 Å². The number of nitrogens with zero attached hydrogens (tertiary/aromatic N) is 1. The van der Waals surface area contributed by atoms with Crippen LogP contribution in [0.1, 0.15) is 24.5 Å². The lowest BCUT2D eigenvalue weighted by Crippen LogP contribution is -2.07. The van der Waals surface area contributed by atoms with Gasteiger partial charge in [0.15, 0.2) is 17.2 Å². The highest BCUT2D eigenvalue weighted by Gasteiger charge is 2.25. The van der Waals surface area contributed by atoms with Crippen LogP contribution in [0.15, 0.2) is 71.4 Å². The quantitative estimate of drug-likeness (QED) is 0.357. The summed E-state index contributed by atoms with van der Waals surface area (Å²) in [6.07, 6.45) is 1.82. The minimum absolute atomic E-state index is 0.163.